The average molecular weight is 235 g/mol. The maximum absolute atomic E-state index is 11.9. The van der Waals surface area contributed by atoms with Gasteiger partial charge in [0.05, 0.1) is 0 Å². The molecule has 0 aromatic heterocycles. The Hall–Kier alpha value is -1.51. The third-order valence-corrected chi connectivity index (χ3v) is 3.24. The highest BCUT2D eigenvalue weighted by atomic mass is 16.3. The van der Waals surface area contributed by atoms with Gasteiger partial charge in [-0.25, -0.2) is 0 Å². The fraction of sp³-hybridized carbons (Fsp3) is 0.500. The number of nitrogens with one attached hydrogen (secondary N) is 1. The number of phenolic OH excluding ortho intramolecular Hbond substituents is 1. The summed E-state index contributed by atoms with van der Waals surface area (Å²) in [5, 5.41) is 12.1. The summed E-state index contributed by atoms with van der Waals surface area (Å²) < 4.78 is 0. The van der Waals surface area contributed by atoms with E-state index in [0.717, 1.165) is 12.8 Å². The molecule has 1 rings (SSSR count). The highest BCUT2D eigenvalue weighted by molar-refractivity contribution is 5.94. The average Bonchev–Trinajstić information content (AvgIpc) is 2.31. The second-order valence-corrected chi connectivity index (χ2v) is 4.39. The molecular formula is C14H21NO2. The van der Waals surface area contributed by atoms with Crippen molar-refractivity contribution in [3.8, 4) is 5.75 Å². The molecule has 0 fully saturated rings. The van der Waals surface area contributed by atoms with Gasteiger partial charge < -0.3 is 10.4 Å². The zero-order valence-electron chi connectivity index (χ0n) is 10.7. The van der Waals surface area contributed by atoms with Crippen molar-refractivity contribution in [3.63, 3.8) is 0 Å². The normalized spacial score (nSPS) is 12.5. The molecule has 1 aromatic rings. The molecule has 0 saturated carbocycles. The van der Waals surface area contributed by atoms with Gasteiger partial charge in [-0.1, -0.05) is 26.7 Å². The molecule has 1 atom stereocenters. The van der Waals surface area contributed by atoms with E-state index in [1.165, 1.54) is 12.1 Å². The molecule has 1 amide bonds. The van der Waals surface area contributed by atoms with Crippen LogP contribution in [0.4, 0.5) is 0 Å². The maximum atomic E-state index is 11.9. The summed E-state index contributed by atoms with van der Waals surface area (Å²) in [5.41, 5.74) is 0.584. The fourth-order valence-corrected chi connectivity index (χ4v) is 2.02. The van der Waals surface area contributed by atoms with Gasteiger partial charge in [-0.05, 0) is 37.1 Å². The molecule has 17 heavy (non-hydrogen) atoms. The predicted molar refractivity (Wildman–Crippen MR) is 69.1 cm³/mol. The van der Waals surface area contributed by atoms with Gasteiger partial charge in [0.2, 0.25) is 0 Å². The minimum Gasteiger partial charge on any atom is -0.508 e. The number of hydrogen-bond acceptors (Lipinski definition) is 2. The third kappa shape index (κ3) is 3.77. The van der Waals surface area contributed by atoms with Gasteiger partial charge in [0.15, 0.2) is 0 Å². The molecule has 0 radical (unpaired) electrons. The number of benzene rings is 1. The van der Waals surface area contributed by atoms with Crippen LogP contribution in [-0.4, -0.2) is 17.1 Å². The van der Waals surface area contributed by atoms with Crippen LogP contribution < -0.4 is 5.32 Å². The summed E-state index contributed by atoms with van der Waals surface area (Å²) in [6, 6.07) is 6.48. The molecule has 3 nitrogen and oxygen atoms in total. The molecule has 0 aliphatic rings. The molecule has 0 saturated heterocycles. The van der Waals surface area contributed by atoms with Crippen LogP contribution in [0.15, 0.2) is 24.3 Å². The molecule has 0 bridgehead atoms. The highest BCUT2D eigenvalue weighted by Crippen LogP contribution is 2.14. The Labute approximate surface area is 103 Å². The van der Waals surface area contributed by atoms with Gasteiger partial charge in [-0.3, -0.25) is 4.79 Å². The SMILES string of the molecule is CCC(CC)C(C)NC(=O)c1ccc(O)cc1. The van der Waals surface area contributed by atoms with Gasteiger partial charge in [0.25, 0.3) is 5.91 Å². The Morgan fingerprint density at radius 3 is 2.24 bits per heavy atom. The number of carbonyl (C=O) groups is 1. The summed E-state index contributed by atoms with van der Waals surface area (Å²) in [7, 11) is 0. The lowest BCUT2D eigenvalue weighted by Gasteiger charge is -2.22. The van der Waals surface area contributed by atoms with Crippen LogP contribution in [-0.2, 0) is 0 Å². The van der Waals surface area contributed by atoms with Crippen molar-refractivity contribution in [3.05, 3.63) is 29.8 Å². The van der Waals surface area contributed by atoms with Crippen LogP contribution in [0.5, 0.6) is 5.75 Å². The first-order valence-corrected chi connectivity index (χ1v) is 6.18. The van der Waals surface area contributed by atoms with E-state index in [1.807, 2.05) is 6.92 Å². The first-order valence-electron chi connectivity index (χ1n) is 6.18. The van der Waals surface area contributed by atoms with Gasteiger partial charge in [-0.2, -0.15) is 0 Å². The van der Waals surface area contributed by atoms with Crippen LogP contribution in [0.25, 0.3) is 0 Å². The lowest BCUT2D eigenvalue weighted by Crippen LogP contribution is -2.37. The largest absolute Gasteiger partial charge is 0.508 e. The topological polar surface area (TPSA) is 49.3 Å². The molecule has 94 valence electrons. The molecule has 1 aromatic carbocycles. The van der Waals surface area contributed by atoms with Crippen LogP contribution in [0.1, 0.15) is 44.0 Å². The van der Waals surface area contributed by atoms with Crippen molar-refractivity contribution in [2.45, 2.75) is 39.7 Å². The summed E-state index contributed by atoms with van der Waals surface area (Å²) >= 11 is 0. The highest BCUT2D eigenvalue weighted by Gasteiger charge is 2.16. The number of carbonyl (C=O) groups excluding carboxylic acids is 1. The van der Waals surface area contributed by atoms with E-state index in [4.69, 9.17) is 5.11 Å². The van der Waals surface area contributed by atoms with Crippen LogP contribution in [0.2, 0.25) is 0 Å². The van der Waals surface area contributed by atoms with Crippen LogP contribution in [0, 0.1) is 5.92 Å². The molecule has 2 N–H and O–H groups in total. The van der Waals surface area contributed by atoms with Crippen LogP contribution in [0.3, 0.4) is 0 Å². The van der Waals surface area contributed by atoms with Crippen molar-refractivity contribution in [2.24, 2.45) is 5.92 Å². The maximum Gasteiger partial charge on any atom is 0.251 e. The number of hydrogen-bond donors (Lipinski definition) is 2. The summed E-state index contributed by atoms with van der Waals surface area (Å²) in [4.78, 5) is 11.9. The van der Waals surface area contributed by atoms with E-state index in [1.54, 1.807) is 12.1 Å². The molecule has 1 unspecified atom stereocenters. The Balaban J connectivity index is 2.62. The standard InChI is InChI=1S/C14H21NO2/c1-4-11(5-2)10(3)15-14(17)12-6-8-13(16)9-7-12/h6-11,16H,4-5H2,1-3H3,(H,15,17). The van der Waals surface area contributed by atoms with Crippen molar-refractivity contribution < 1.29 is 9.90 Å². The lowest BCUT2D eigenvalue weighted by molar-refractivity contribution is 0.0925. The Bertz CT molecular complexity index is 355. The number of amides is 1. The monoisotopic (exact) mass is 235 g/mol. The Morgan fingerprint density at radius 2 is 1.76 bits per heavy atom. The van der Waals surface area contributed by atoms with Gasteiger partial charge in [0, 0.05) is 11.6 Å². The Kier molecular flexibility index (Phi) is 5.01. The van der Waals surface area contributed by atoms with E-state index in [0.29, 0.717) is 11.5 Å². The number of aromatic hydroxyl groups is 1. The minimum atomic E-state index is -0.0793. The summed E-state index contributed by atoms with van der Waals surface area (Å²) in [6.45, 7) is 6.31. The van der Waals surface area contributed by atoms with E-state index < -0.39 is 0 Å². The molecule has 0 aliphatic heterocycles. The van der Waals surface area contributed by atoms with E-state index in [-0.39, 0.29) is 17.7 Å². The van der Waals surface area contributed by atoms with Crippen molar-refractivity contribution >= 4 is 5.91 Å². The van der Waals surface area contributed by atoms with E-state index in [2.05, 4.69) is 19.2 Å². The smallest absolute Gasteiger partial charge is 0.251 e. The summed E-state index contributed by atoms with van der Waals surface area (Å²) in [6.07, 6.45) is 2.13. The second-order valence-electron chi connectivity index (χ2n) is 4.39. The van der Waals surface area contributed by atoms with E-state index >= 15 is 0 Å². The van der Waals surface area contributed by atoms with E-state index in [9.17, 15) is 4.79 Å². The van der Waals surface area contributed by atoms with Gasteiger partial charge in [0.1, 0.15) is 5.75 Å². The zero-order valence-corrected chi connectivity index (χ0v) is 10.7. The van der Waals surface area contributed by atoms with Gasteiger partial charge >= 0.3 is 0 Å². The predicted octanol–water partition coefficient (Wildman–Crippen LogP) is 2.95. The van der Waals surface area contributed by atoms with Crippen LogP contribution >= 0.6 is 0 Å². The second kappa shape index (κ2) is 6.28. The van der Waals surface area contributed by atoms with Crippen molar-refractivity contribution in [2.75, 3.05) is 0 Å². The summed E-state index contributed by atoms with van der Waals surface area (Å²) in [5.74, 6) is 0.607. The van der Waals surface area contributed by atoms with Crippen molar-refractivity contribution in [1.82, 2.24) is 5.32 Å². The zero-order chi connectivity index (χ0) is 12.8. The lowest BCUT2D eigenvalue weighted by atomic mass is 9.95. The fourth-order valence-electron chi connectivity index (χ4n) is 2.02. The Morgan fingerprint density at radius 1 is 1.24 bits per heavy atom. The van der Waals surface area contributed by atoms with Gasteiger partial charge in [-0.15, -0.1) is 0 Å². The first kappa shape index (κ1) is 13.6. The molecule has 3 heteroatoms. The first-order chi connectivity index (χ1) is 8.08. The quantitative estimate of drug-likeness (QED) is 0.824. The van der Waals surface area contributed by atoms with Crippen molar-refractivity contribution in [1.29, 1.82) is 0 Å². The number of phenols is 1. The third-order valence-electron chi connectivity index (χ3n) is 3.24. The molecule has 0 heterocycles. The molecule has 0 aliphatic carbocycles. The molecule has 0 spiro atoms. The minimum absolute atomic E-state index is 0.0793. The molecular weight excluding hydrogens is 214 g/mol. The number of rotatable bonds is 5.